The zero-order valence-electron chi connectivity index (χ0n) is 12.7. The minimum Gasteiger partial charge on any atom is -0.497 e. The van der Waals surface area contributed by atoms with E-state index in [-0.39, 0.29) is 5.91 Å². The van der Waals surface area contributed by atoms with Crippen molar-refractivity contribution in [3.05, 3.63) is 60.2 Å². The van der Waals surface area contributed by atoms with E-state index in [4.69, 9.17) is 4.74 Å². The lowest BCUT2D eigenvalue weighted by Crippen LogP contribution is -2.11. The Morgan fingerprint density at radius 1 is 1.14 bits per heavy atom. The second kappa shape index (κ2) is 9.15. The van der Waals surface area contributed by atoms with E-state index in [1.165, 1.54) is 5.56 Å². The number of carbonyl (C=O) groups is 1. The van der Waals surface area contributed by atoms with Crippen molar-refractivity contribution in [2.24, 2.45) is 0 Å². The molecular weight excluding hydrogens is 294 g/mol. The number of nitrogens with one attached hydrogen (secondary N) is 1. The summed E-state index contributed by atoms with van der Waals surface area (Å²) >= 11 is 1.86. The number of rotatable bonds is 8. The molecule has 0 unspecified atom stereocenters. The minimum absolute atomic E-state index is 0.0496. The highest BCUT2D eigenvalue weighted by atomic mass is 32.2. The maximum atomic E-state index is 11.9. The fourth-order valence-electron chi connectivity index (χ4n) is 2.02. The second-order valence-corrected chi connectivity index (χ2v) is 6.03. The third-order valence-corrected chi connectivity index (χ3v) is 4.27. The van der Waals surface area contributed by atoms with Crippen LogP contribution >= 0.6 is 11.8 Å². The summed E-state index contributed by atoms with van der Waals surface area (Å²) in [5, 5.41) is 2.90. The predicted octanol–water partition coefficient (Wildman–Crippen LogP) is 4.35. The van der Waals surface area contributed by atoms with Gasteiger partial charge in [-0.25, -0.2) is 0 Å². The molecule has 0 atom stereocenters. The van der Waals surface area contributed by atoms with Crippen molar-refractivity contribution in [3.63, 3.8) is 0 Å². The molecule has 2 aromatic rings. The summed E-state index contributed by atoms with van der Waals surface area (Å²) < 4.78 is 5.14. The molecule has 0 saturated carbocycles. The van der Waals surface area contributed by atoms with Crippen molar-refractivity contribution in [3.8, 4) is 5.75 Å². The zero-order chi connectivity index (χ0) is 15.6. The van der Waals surface area contributed by atoms with Gasteiger partial charge in [0.25, 0.3) is 0 Å². The van der Waals surface area contributed by atoms with Gasteiger partial charge in [0.15, 0.2) is 0 Å². The molecule has 0 aliphatic heterocycles. The van der Waals surface area contributed by atoms with E-state index in [1.54, 1.807) is 7.11 Å². The standard InChI is InChI=1S/C18H21NO2S/c1-21-17-10-5-9-16(13-17)19-18(20)11-6-12-22-14-15-7-3-2-4-8-15/h2-5,7-10,13H,6,11-12,14H2,1H3,(H,19,20). The molecule has 3 nitrogen and oxygen atoms in total. The molecular formula is C18H21NO2S. The number of carbonyl (C=O) groups excluding carboxylic acids is 1. The Morgan fingerprint density at radius 2 is 1.95 bits per heavy atom. The number of ether oxygens (including phenoxy) is 1. The largest absolute Gasteiger partial charge is 0.497 e. The topological polar surface area (TPSA) is 38.3 Å². The van der Waals surface area contributed by atoms with E-state index in [0.29, 0.717) is 6.42 Å². The van der Waals surface area contributed by atoms with Crippen molar-refractivity contribution in [1.29, 1.82) is 0 Å². The Kier molecular flexibility index (Phi) is 6.84. The van der Waals surface area contributed by atoms with Gasteiger partial charge in [0.1, 0.15) is 5.75 Å². The summed E-state index contributed by atoms with van der Waals surface area (Å²) in [4.78, 5) is 11.9. The SMILES string of the molecule is COc1cccc(NC(=O)CCCSCc2ccccc2)c1. The van der Waals surface area contributed by atoms with Gasteiger partial charge in [-0.2, -0.15) is 11.8 Å². The third-order valence-electron chi connectivity index (χ3n) is 3.16. The van der Waals surface area contributed by atoms with Gasteiger partial charge in [-0.1, -0.05) is 36.4 Å². The second-order valence-electron chi connectivity index (χ2n) is 4.92. The number of thioether (sulfide) groups is 1. The molecule has 1 amide bonds. The fourth-order valence-corrected chi connectivity index (χ4v) is 2.94. The van der Waals surface area contributed by atoms with Crippen LogP contribution in [0.2, 0.25) is 0 Å². The molecule has 0 heterocycles. The molecule has 0 aromatic heterocycles. The Morgan fingerprint density at radius 3 is 2.73 bits per heavy atom. The summed E-state index contributed by atoms with van der Waals surface area (Å²) in [6.07, 6.45) is 1.42. The van der Waals surface area contributed by atoms with Crippen molar-refractivity contribution >= 4 is 23.4 Å². The maximum absolute atomic E-state index is 11.9. The van der Waals surface area contributed by atoms with E-state index >= 15 is 0 Å². The van der Waals surface area contributed by atoms with Gasteiger partial charge in [-0.3, -0.25) is 4.79 Å². The van der Waals surface area contributed by atoms with E-state index in [2.05, 4.69) is 29.6 Å². The average Bonchev–Trinajstić information content (AvgIpc) is 2.55. The maximum Gasteiger partial charge on any atom is 0.224 e. The lowest BCUT2D eigenvalue weighted by Gasteiger charge is -2.07. The van der Waals surface area contributed by atoms with Crippen molar-refractivity contribution in [1.82, 2.24) is 0 Å². The highest BCUT2D eigenvalue weighted by molar-refractivity contribution is 7.98. The van der Waals surface area contributed by atoms with Crippen molar-refractivity contribution < 1.29 is 9.53 Å². The van der Waals surface area contributed by atoms with Gasteiger partial charge in [-0.15, -0.1) is 0 Å². The number of hydrogen-bond acceptors (Lipinski definition) is 3. The van der Waals surface area contributed by atoms with Gasteiger partial charge >= 0.3 is 0 Å². The summed E-state index contributed by atoms with van der Waals surface area (Å²) in [6, 6.07) is 17.8. The van der Waals surface area contributed by atoms with Crippen LogP contribution in [-0.2, 0) is 10.5 Å². The first-order valence-electron chi connectivity index (χ1n) is 7.33. The monoisotopic (exact) mass is 315 g/mol. The Hall–Kier alpha value is -1.94. The van der Waals surface area contributed by atoms with Crippen molar-refractivity contribution in [2.75, 3.05) is 18.2 Å². The molecule has 4 heteroatoms. The molecule has 0 bridgehead atoms. The van der Waals surface area contributed by atoms with Gasteiger partial charge in [0.05, 0.1) is 7.11 Å². The number of amides is 1. The third kappa shape index (κ3) is 5.82. The average molecular weight is 315 g/mol. The van der Waals surface area contributed by atoms with Crippen LogP contribution in [0.25, 0.3) is 0 Å². The van der Waals surface area contributed by atoms with Crippen molar-refractivity contribution in [2.45, 2.75) is 18.6 Å². The molecule has 0 saturated heterocycles. The molecule has 116 valence electrons. The van der Waals surface area contributed by atoms with Crippen LogP contribution in [0.15, 0.2) is 54.6 Å². The molecule has 0 aliphatic carbocycles. The quantitative estimate of drug-likeness (QED) is 0.736. The van der Waals surface area contributed by atoms with E-state index in [1.807, 2.05) is 42.1 Å². The lowest BCUT2D eigenvalue weighted by molar-refractivity contribution is -0.116. The van der Waals surface area contributed by atoms with Crippen LogP contribution < -0.4 is 10.1 Å². The Bertz CT molecular complexity index is 587. The molecule has 22 heavy (non-hydrogen) atoms. The predicted molar refractivity (Wildman–Crippen MR) is 93.5 cm³/mol. The van der Waals surface area contributed by atoms with Gasteiger partial charge in [0.2, 0.25) is 5.91 Å². The van der Waals surface area contributed by atoms with Gasteiger partial charge in [0, 0.05) is 23.9 Å². The molecule has 0 aliphatic rings. The van der Waals surface area contributed by atoms with Gasteiger partial charge in [-0.05, 0) is 29.9 Å². The summed E-state index contributed by atoms with van der Waals surface area (Å²) in [5.74, 6) is 2.78. The number of methoxy groups -OCH3 is 1. The summed E-state index contributed by atoms with van der Waals surface area (Å²) in [6.45, 7) is 0. The fraction of sp³-hybridized carbons (Fsp3) is 0.278. The molecule has 0 spiro atoms. The van der Waals surface area contributed by atoms with E-state index in [9.17, 15) is 4.79 Å². The van der Waals surface area contributed by atoms with E-state index < -0.39 is 0 Å². The Balaban J connectivity index is 1.63. The van der Waals surface area contributed by atoms with Crippen LogP contribution in [-0.4, -0.2) is 18.8 Å². The van der Waals surface area contributed by atoms with Gasteiger partial charge < -0.3 is 10.1 Å². The molecule has 1 N–H and O–H groups in total. The number of anilines is 1. The smallest absolute Gasteiger partial charge is 0.224 e. The van der Waals surface area contributed by atoms with Crippen LogP contribution in [0.3, 0.4) is 0 Å². The first kappa shape index (κ1) is 16.4. The van der Waals surface area contributed by atoms with Crippen LogP contribution in [0, 0.1) is 0 Å². The first-order chi connectivity index (χ1) is 10.8. The molecule has 0 fully saturated rings. The van der Waals surface area contributed by atoms with Crippen LogP contribution in [0.5, 0.6) is 5.75 Å². The normalized spacial score (nSPS) is 10.2. The molecule has 2 aromatic carbocycles. The van der Waals surface area contributed by atoms with E-state index in [0.717, 1.165) is 29.4 Å². The molecule has 2 rings (SSSR count). The zero-order valence-corrected chi connectivity index (χ0v) is 13.6. The first-order valence-corrected chi connectivity index (χ1v) is 8.49. The number of benzene rings is 2. The highest BCUT2D eigenvalue weighted by Gasteiger charge is 2.03. The summed E-state index contributed by atoms with van der Waals surface area (Å²) in [7, 11) is 1.62. The highest BCUT2D eigenvalue weighted by Crippen LogP contribution is 2.17. The van der Waals surface area contributed by atoms with Crippen LogP contribution in [0.1, 0.15) is 18.4 Å². The van der Waals surface area contributed by atoms with Crippen LogP contribution in [0.4, 0.5) is 5.69 Å². The Labute approximate surface area is 136 Å². The minimum atomic E-state index is 0.0496. The number of hydrogen-bond donors (Lipinski definition) is 1. The summed E-state index contributed by atoms with van der Waals surface area (Å²) in [5.41, 5.74) is 2.11. The lowest BCUT2D eigenvalue weighted by atomic mass is 10.2. The molecule has 0 radical (unpaired) electrons.